The topological polar surface area (TPSA) is 29.3 Å². The first-order valence-electron chi connectivity index (χ1n) is 7.41. The second-order valence-corrected chi connectivity index (χ2v) is 8.09. The number of nitrogens with zero attached hydrogens (tertiary/aromatic N) is 1. The molecule has 2 nitrogen and oxygen atoms in total. The molecule has 1 aromatic rings. The van der Waals surface area contributed by atoms with Crippen LogP contribution in [-0.2, 0) is 6.42 Å². The van der Waals surface area contributed by atoms with Crippen molar-refractivity contribution < 1.29 is 0 Å². The molecule has 2 rings (SSSR count). The zero-order valence-electron chi connectivity index (χ0n) is 12.8. The van der Waals surface area contributed by atoms with Gasteiger partial charge in [-0.3, -0.25) is 4.90 Å². The SMILES string of the molecule is CC1c2ccsc2CCN1CC(CN)CC(C)(C)C. The van der Waals surface area contributed by atoms with Crippen molar-refractivity contribution in [3.63, 3.8) is 0 Å². The predicted molar refractivity (Wildman–Crippen MR) is 84.6 cm³/mol. The Morgan fingerprint density at radius 2 is 2.21 bits per heavy atom. The molecule has 1 aliphatic heterocycles. The highest BCUT2D eigenvalue weighted by Crippen LogP contribution is 2.34. The van der Waals surface area contributed by atoms with Crippen molar-refractivity contribution in [2.45, 2.75) is 46.6 Å². The molecule has 0 aromatic carbocycles. The smallest absolute Gasteiger partial charge is 0.0331 e. The van der Waals surface area contributed by atoms with E-state index in [-0.39, 0.29) is 0 Å². The van der Waals surface area contributed by atoms with Crippen molar-refractivity contribution >= 4 is 11.3 Å². The summed E-state index contributed by atoms with van der Waals surface area (Å²) in [5.41, 5.74) is 7.91. The van der Waals surface area contributed by atoms with E-state index in [1.807, 2.05) is 11.3 Å². The molecular formula is C16H28N2S. The van der Waals surface area contributed by atoms with Gasteiger partial charge in [0.15, 0.2) is 0 Å². The average molecular weight is 280 g/mol. The van der Waals surface area contributed by atoms with Gasteiger partial charge in [-0.05, 0) is 54.7 Å². The van der Waals surface area contributed by atoms with Crippen LogP contribution in [0.4, 0.5) is 0 Å². The summed E-state index contributed by atoms with van der Waals surface area (Å²) >= 11 is 1.91. The Bertz CT molecular complexity index is 405. The van der Waals surface area contributed by atoms with E-state index in [2.05, 4.69) is 44.0 Å². The number of thiophene rings is 1. The molecule has 2 unspecified atom stereocenters. The van der Waals surface area contributed by atoms with E-state index in [1.54, 1.807) is 10.4 Å². The molecule has 3 heteroatoms. The van der Waals surface area contributed by atoms with Crippen molar-refractivity contribution in [2.75, 3.05) is 19.6 Å². The van der Waals surface area contributed by atoms with Gasteiger partial charge in [-0.15, -0.1) is 11.3 Å². The summed E-state index contributed by atoms with van der Waals surface area (Å²) < 4.78 is 0. The van der Waals surface area contributed by atoms with Crippen LogP contribution in [0, 0.1) is 11.3 Å². The molecule has 2 atom stereocenters. The van der Waals surface area contributed by atoms with Crippen molar-refractivity contribution in [1.82, 2.24) is 4.90 Å². The molecule has 0 amide bonds. The number of nitrogens with two attached hydrogens (primary N) is 1. The minimum absolute atomic E-state index is 0.372. The molecule has 19 heavy (non-hydrogen) atoms. The maximum Gasteiger partial charge on any atom is 0.0331 e. The van der Waals surface area contributed by atoms with E-state index < -0.39 is 0 Å². The Labute approximate surface area is 122 Å². The monoisotopic (exact) mass is 280 g/mol. The number of fused-ring (bicyclic) bond motifs is 1. The summed E-state index contributed by atoms with van der Waals surface area (Å²) in [4.78, 5) is 4.21. The van der Waals surface area contributed by atoms with Crippen LogP contribution in [-0.4, -0.2) is 24.5 Å². The van der Waals surface area contributed by atoms with Crippen molar-refractivity contribution in [3.8, 4) is 0 Å². The third-order valence-electron chi connectivity index (χ3n) is 4.13. The van der Waals surface area contributed by atoms with E-state index >= 15 is 0 Å². The first kappa shape index (κ1) is 15.0. The van der Waals surface area contributed by atoms with Gasteiger partial charge in [-0.1, -0.05) is 20.8 Å². The quantitative estimate of drug-likeness (QED) is 0.911. The zero-order valence-corrected chi connectivity index (χ0v) is 13.6. The fourth-order valence-electron chi connectivity index (χ4n) is 3.23. The first-order valence-corrected chi connectivity index (χ1v) is 8.29. The number of hydrogen-bond acceptors (Lipinski definition) is 3. The second kappa shape index (κ2) is 5.94. The van der Waals surface area contributed by atoms with Gasteiger partial charge in [0, 0.05) is 24.0 Å². The van der Waals surface area contributed by atoms with Crippen molar-refractivity contribution in [3.05, 3.63) is 21.9 Å². The fourth-order valence-corrected chi connectivity index (χ4v) is 4.19. The third kappa shape index (κ3) is 3.80. The highest BCUT2D eigenvalue weighted by molar-refractivity contribution is 7.10. The molecule has 0 spiro atoms. The maximum atomic E-state index is 5.99. The predicted octanol–water partition coefficient (Wildman–Crippen LogP) is 3.68. The van der Waals surface area contributed by atoms with Crippen molar-refractivity contribution in [2.24, 2.45) is 17.1 Å². The standard InChI is InChI=1S/C16H28N2S/c1-12-14-6-8-19-15(14)5-7-18(12)11-13(10-17)9-16(2,3)4/h6,8,12-13H,5,7,9-11,17H2,1-4H3. The van der Waals surface area contributed by atoms with E-state index in [9.17, 15) is 0 Å². The number of hydrogen-bond donors (Lipinski definition) is 1. The number of rotatable bonds is 4. The van der Waals surface area contributed by atoms with Crippen LogP contribution in [0.15, 0.2) is 11.4 Å². The molecule has 2 N–H and O–H groups in total. The Morgan fingerprint density at radius 1 is 1.47 bits per heavy atom. The molecule has 0 saturated carbocycles. The molecule has 0 radical (unpaired) electrons. The normalized spacial score (nSPS) is 22.3. The Morgan fingerprint density at radius 3 is 2.84 bits per heavy atom. The summed E-state index contributed by atoms with van der Waals surface area (Å²) in [6.45, 7) is 12.4. The van der Waals surface area contributed by atoms with E-state index in [1.165, 1.54) is 19.4 Å². The minimum Gasteiger partial charge on any atom is -0.330 e. The molecule has 0 fully saturated rings. The first-order chi connectivity index (χ1) is 8.90. The van der Waals surface area contributed by atoms with Crippen LogP contribution in [0.1, 0.15) is 50.6 Å². The van der Waals surface area contributed by atoms with Gasteiger partial charge in [0.05, 0.1) is 0 Å². The summed E-state index contributed by atoms with van der Waals surface area (Å²) in [5.74, 6) is 0.614. The second-order valence-electron chi connectivity index (χ2n) is 7.09. The van der Waals surface area contributed by atoms with Crippen LogP contribution >= 0.6 is 11.3 Å². The lowest BCUT2D eigenvalue weighted by Crippen LogP contribution is -2.39. The maximum absolute atomic E-state index is 5.99. The summed E-state index contributed by atoms with van der Waals surface area (Å²) in [6, 6.07) is 2.86. The van der Waals surface area contributed by atoms with Crippen LogP contribution in [0.2, 0.25) is 0 Å². The molecule has 1 aromatic heterocycles. The fraction of sp³-hybridized carbons (Fsp3) is 0.750. The molecule has 2 heterocycles. The van der Waals surface area contributed by atoms with Gasteiger partial charge in [-0.25, -0.2) is 0 Å². The third-order valence-corrected chi connectivity index (χ3v) is 5.13. The Balaban J connectivity index is 1.99. The van der Waals surface area contributed by atoms with Gasteiger partial charge in [-0.2, -0.15) is 0 Å². The van der Waals surface area contributed by atoms with Gasteiger partial charge in [0.25, 0.3) is 0 Å². The minimum atomic E-state index is 0.372. The van der Waals surface area contributed by atoms with Crippen LogP contribution in [0.25, 0.3) is 0 Å². The van der Waals surface area contributed by atoms with Gasteiger partial charge in [0.2, 0.25) is 0 Å². The van der Waals surface area contributed by atoms with Crippen LogP contribution in [0.5, 0.6) is 0 Å². The summed E-state index contributed by atoms with van der Waals surface area (Å²) in [5, 5.41) is 2.24. The zero-order chi connectivity index (χ0) is 14.0. The lowest BCUT2D eigenvalue weighted by atomic mass is 9.84. The van der Waals surface area contributed by atoms with Gasteiger partial charge >= 0.3 is 0 Å². The lowest BCUT2D eigenvalue weighted by Gasteiger charge is -2.37. The Kier molecular flexibility index (Phi) is 4.70. The van der Waals surface area contributed by atoms with Crippen LogP contribution < -0.4 is 5.73 Å². The molecular weight excluding hydrogens is 252 g/mol. The molecule has 0 saturated heterocycles. The lowest BCUT2D eigenvalue weighted by molar-refractivity contribution is 0.148. The van der Waals surface area contributed by atoms with Gasteiger partial charge in [0.1, 0.15) is 0 Å². The van der Waals surface area contributed by atoms with Crippen LogP contribution in [0.3, 0.4) is 0 Å². The summed E-state index contributed by atoms with van der Waals surface area (Å²) in [7, 11) is 0. The molecule has 0 bridgehead atoms. The highest BCUT2D eigenvalue weighted by atomic mass is 32.1. The van der Waals surface area contributed by atoms with E-state index in [4.69, 9.17) is 5.73 Å². The largest absolute Gasteiger partial charge is 0.330 e. The highest BCUT2D eigenvalue weighted by Gasteiger charge is 2.27. The van der Waals surface area contributed by atoms with E-state index in [0.29, 0.717) is 17.4 Å². The van der Waals surface area contributed by atoms with Crippen molar-refractivity contribution in [1.29, 1.82) is 0 Å². The molecule has 1 aliphatic rings. The summed E-state index contributed by atoms with van der Waals surface area (Å²) in [6.07, 6.45) is 2.42. The van der Waals surface area contributed by atoms with Gasteiger partial charge < -0.3 is 5.73 Å². The van der Waals surface area contributed by atoms with E-state index in [0.717, 1.165) is 13.1 Å². The molecule has 108 valence electrons. The Hall–Kier alpha value is -0.380. The average Bonchev–Trinajstić information content (AvgIpc) is 2.79. The molecule has 0 aliphatic carbocycles.